The van der Waals surface area contributed by atoms with E-state index in [9.17, 15) is 0 Å². The number of nitrogens with one attached hydrogen (secondary N) is 2. The summed E-state index contributed by atoms with van der Waals surface area (Å²) < 4.78 is 21.4. The number of aliphatic imine (C=N–C) groups is 1. The van der Waals surface area contributed by atoms with Crippen LogP contribution in [0.4, 0.5) is 0 Å². The minimum atomic E-state index is 0. The van der Waals surface area contributed by atoms with Crippen LogP contribution in [0.3, 0.4) is 0 Å². The van der Waals surface area contributed by atoms with E-state index in [1.807, 2.05) is 12.1 Å². The first kappa shape index (κ1) is 27.5. The quantitative estimate of drug-likeness (QED) is 0.177. The Morgan fingerprint density at radius 2 is 1.59 bits per heavy atom. The maximum Gasteiger partial charge on any atom is 0.191 e. The Kier molecular flexibility index (Phi) is 15.5. The van der Waals surface area contributed by atoms with Crippen LogP contribution >= 0.6 is 24.0 Å². The van der Waals surface area contributed by atoms with Crippen LogP contribution in [0.25, 0.3) is 0 Å². The van der Waals surface area contributed by atoms with Crippen molar-refractivity contribution in [3.05, 3.63) is 17.7 Å². The highest BCUT2D eigenvalue weighted by atomic mass is 127. The summed E-state index contributed by atoms with van der Waals surface area (Å²) >= 11 is 0. The summed E-state index contributed by atoms with van der Waals surface area (Å²) in [6.45, 7) is 4.25. The van der Waals surface area contributed by atoms with Gasteiger partial charge in [0.25, 0.3) is 0 Å². The van der Waals surface area contributed by atoms with Gasteiger partial charge in [-0.2, -0.15) is 0 Å². The van der Waals surface area contributed by atoms with E-state index in [2.05, 4.69) is 27.6 Å². The van der Waals surface area contributed by atoms with Crippen molar-refractivity contribution in [2.45, 2.75) is 12.8 Å². The fraction of sp³-hybridized carbons (Fsp3) is 0.650. The van der Waals surface area contributed by atoms with Gasteiger partial charge >= 0.3 is 0 Å². The van der Waals surface area contributed by atoms with E-state index in [-0.39, 0.29) is 24.0 Å². The molecule has 0 fully saturated rings. The number of nitrogens with zero attached hydrogens (tertiary/aromatic N) is 2. The van der Waals surface area contributed by atoms with E-state index in [0.29, 0.717) is 12.3 Å². The predicted octanol–water partition coefficient (Wildman–Crippen LogP) is 2.01. The van der Waals surface area contributed by atoms with E-state index in [1.54, 1.807) is 35.5 Å². The van der Waals surface area contributed by atoms with Crippen molar-refractivity contribution >= 4 is 29.9 Å². The second kappa shape index (κ2) is 16.3. The van der Waals surface area contributed by atoms with E-state index in [0.717, 1.165) is 62.1 Å². The van der Waals surface area contributed by atoms with Crippen molar-refractivity contribution in [3.8, 4) is 17.2 Å². The SMILES string of the molecule is CN=C(NCCc1c(OC)cc(OC)cc1OC)NCCN(C)CCCOC.I. The fourth-order valence-corrected chi connectivity index (χ4v) is 2.81. The molecule has 0 saturated heterocycles. The normalized spacial score (nSPS) is 11.1. The molecule has 1 aromatic rings. The number of ether oxygens (including phenoxy) is 4. The molecule has 0 aromatic heterocycles. The van der Waals surface area contributed by atoms with Crippen LogP contribution in [0.2, 0.25) is 0 Å². The van der Waals surface area contributed by atoms with Gasteiger partial charge in [0.2, 0.25) is 0 Å². The molecule has 9 heteroatoms. The lowest BCUT2D eigenvalue weighted by molar-refractivity contribution is 0.180. The molecule has 0 aliphatic heterocycles. The summed E-state index contributed by atoms with van der Waals surface area (Å²) in [5, 5.41) is 6.67. The summed E-state index contributed by atoms with van der Waals surface area (Å²) in [5.41, 5.74) is 0.992. The van der Waals surface area contributed by atoms with Crippen LogP contribution in [-0.4, -0.2) is 86.2 Å². The van der Waals surface area contributed by atoms with Gasteiger partial charge in [-0.15, -0.1) is 24.0 Å². The number of hydrogen-bond donors (Lipinski definition) is 2. The zero-order chi connectivity index (χ0) is 20.8. The van der Waals surface area contributed by atoms with Crippen LogP contribution in [0.1, 0.15) is 12.0 Å². The predicted molar refractivity (Wildman–Crippen MR) is 129 cm³/mol. The van der Waals surface area contributed by atoms with Crippen LogP contribution in [0.15, 0.2) is 17.1 Å². The summed E-state index contributed by atoms with van der Waals surface area (Å²) in [6.07, 6.45) is 1.76. The smallest absolute Gasteiger partial charge is 0.191 e. The highest BCUT2D eigenvalue weighted by Gasteiger charge is 2.13. The summed E-state index contributed by atoms with van der Waals surface area (Å²) in [6, 6.07) is 3.73. The molecule has 0 bridgehead atoms. The Morgan fingerprint density at radius 1 is 0.966 bits per heavy atom. The number of likely N-dealkylation sites (N-methyl/N-ethyl adjacent to an activating group) is 1. The van der Waals surface area contributed by atoms with E-state index < -0.39 is 0 Å². The second-order valence-corrected chi connectivity index (χ2v) is 6.34. The Hall–Kier alpha value is -1.46. The van der Waals surface area contributed by atoms with Gasteiger partial charge in [-0.05, 0) is 19.9 Å². The topological polar surface area (TPSA) is 76.6 Å². The third-order valence-electron chi connectivity index (χ3n) is 4.38. The van der Waals surface area contributed by atoms with Gasteiger partial charge in [0, 0.05) is 64.6 Å². The van der Waals surface area contributed by atoms with Crippen LogP contribution < -0.4 is 24.8 Å². The Morgan fingerprint density at radius 3 is 2.10 bits per heavy atom. The largest absolute Gasteiger partial charge is 0.496 e. The molecule has 0 amide bonds. The Labute approximate surface area is 192 Å². The van der Waals surface area contributed by atoms with Gasteiger partial charge in [-0.1, -0.05) is 0 Å². The molecule has 0 atom stereocenters. The molecule has 0 aliphatic rings. The minimum absolute atomic E-state index is 0. The highest BCUT2D eigenvalue weighted by molar-refractivity contribution is 14.0. The first-order chi connectivity index (χ1) is 13.6. The molecule has 1 aromatic carbocycles. The third-order valence-corrected chi connectivity index (χ3v) is 4.38. The highest BCUT2D eigenvalue weighted by Crippen LogP contribution is 2.34. The maximum atomic E-state index is 5.50. The average molecular weight is 524 g/mol. The zero-order valence-electron chi connectivity index (χ0n) is 18.5. The summed E-state index contributed by atoms with van der Waals surface area (Å²) in [5.74, 6) is 2.98. The van der Waals surface area contributed by atoms with E-state index >= 15 is 0 Å². The molecule has 0 spiro atoms. The summed E-state index contributed by atoms with van der Waals surface area (Å²) in [7, 11) is 10.5. The third kappa shape index (κ3) is 10.2. The number of rotatable bonds is 13. The van der Waals surface area contributed by atoms with E-state index in [4.69, 9.17) is 18.9 Å². The molecule has 8 nitrogen and oxygen atoms in total. The molecule has 0 aliphatic carbocycles. The lowest BCUT2D eigenvalue weighted by Gasteiger charge is -2.19. The standard InChI is InChI=1S/C20H36N4O4.HI/c1-21-20(23-10-12-24(2)11-7-13-25-3)22-9-8-17-18(27-5)14-16(26-4)15-19(17)28-6;/h14-15H,7-13H2,1-6H3,(H2,21,22,23);1H. The zero-order valence-corrected chi connectivity index (χ0v) is 20.9. The molecular formula is C20H37IN4O4. The second-order valence-electron chi connectivity index (χ2n) is 6.34. The first-order valence-electron chi connectivity index (χ1n) is 9.50. The molecule has 0 saturated carbocycles. The molecule has 2 N–H and O–H groups in total. The molecule has 1 rings (SSSR count). The van der Waals surface area contributed by atoms with Gasteiger partial charge < -0.3 is 34.5 Å². The van der Waals surface area contributed by atoms with Crippen molar-refractivity contribution in [1.82, 2.24) is 15.5 Å². The van der Waals surface area contributed by atoms with Gasteiger partial charge in [0.05, 0.1) is 21.3 Å². The minimum Gasteiger partial charge on any atom is -0.496 e. The van der Waals surface area contributed by atoms with Gasteiger partial charge in [-0.3, -0.25) is 4.99 Å². The first-order valence-corrected chi connectivity index (χ1v) is 9.50. The Balaban J connectivity index is 0.00000784. The van der Waals surface area contributed by atoms with Crippen molar-refractivity contribution in [2.75, 3.05) is 75.3 Å². The lowest BCUT2D eigenvalue weighted by Crippen LogP contribution is -2.41. The van der Waals surface area contributed by atoms with Crippen LogP contribution in [0.5, 0.6) is 17.2 Å². The molecule has 0 heterocycles. The molecule has 29 heavy (non-hydrogen) atoms. The van der Waals surface area contributed by atoms with Crippen molar-refractivity contribution < 1.29 is 18.9 Å². The van der Waals surface area contributed by atoms with Crippen molar-refractivity contribution in [3.63, 3.8) is 0 Å². The van der Waals surface area contributed by atoms with E-state index in [1.165, 1.54) is 0 Å². The Bertz CT molecular complexity index is 577. The number of guanidine groups is 1. The van der Waals surface area contributed by atoms with Crippen LogP contribution in [-0.2, 0) is 11.2 Å². The maximum absolute atomic E-state index is 5.50. The van der Waals surface area contributed by atoms with Gasteiger partial charge in [-0.25, -0.2) is 0 Å². The lowest BCUT2D eigenvalue weighted by atomic mass is 10.1. The number of hydrogen-bond acceptors (Lipinski definition) is 6. The molecule has 0 radical (unpaired) electrons. The van der Waals surface area contributed by atoms with Crippen LogP contribution in [0, 0.1) is 0 Å². The van der Waals surface area contributed by atoms with Crippen molar-refractivity contribution in [1.29, 1.82) is 0 Å². The molecule has 0 unspecified atom stereocenters. The monoisotopic (exact) mass is 524 g/mol. The fourth-order valence-electron chi connectivity index (χ4n) is 2.81. The number of halogens is 1. The number of benzene rings is 1. The molecular weight excluding hydrogens is 487 g/mol. The van der Waals surface area contributed by atoms with Crippen molar-refractivity contribution in [2.24, 2.45) is 4.99 Å². The van der Waals surface area contributed by atoms with Gasteiger partial charge in [0.15, 0.2) is 5.96 Å². The number of methoxy groups -OCH3 is 4. The van der Waals surface area contributed by atoms with Gasteiger partial charge in [0.1, 0.15) is 17.2 Å². The molecule has 168 valence electrons. The summed E-state index contributed by atoms with van der Waals surface area (Å²) in [4.78, 5) is 6.55. The average Bonchev–Trinajstić information content (AvgIpc) is 2.72.